The smallest absolute Gasteiger partial charge is 0.0887 e. The highest BCUT2D eigenvalue weighted by molar-refractivity contribution is 9.11. The van der Waals surface area contributed by atoms with Crippen LogP contribution >= 0.6 is 54.8 Å². The number of hydrogen-bond donors (Lipinski definition) is 0. The van der Waals surface area contributed by atoms with Crippen LogP contribution in [0.3, 0.4) is 0 Å². The van der Waals surface area contributed by atoms with Gasteiger partial charge in [-0.3, -0.25) is 0 Å². The highest BCUT2D eigenvalue weighted by Crippen LogP contribution is 2.47. The normalized spacial score (nSPS) is 28.3. The van der Waals surface area contributed by atoms with Crippen molar-refractivity contribution in [3.8, 4) is 0 Å². The van der Waals surface area contributed by atoms with E-state index >= 15 is 0 Å². The molecule has 5 heteroatoms. The van der Waals surface area contributed by atoms with Gasteiger partial charge in [0.2, 0.25) is 0 Å². The lowest BCUT2D eigenvalue weighted by Gasteiger charge is -2.28. The molecule has 2 unspecified atom stereocenters. The lowest BCUT2D eigenvalue weighted by atomic mass is 9.98. The van der Waals surface area contributed by atoms with Crippen LogP contribution in [0.5, 0.6) is 0 Å². The molecule has 0 radical (unpaired) electrons. The second-order valence-electron chi connectivity index (χ2n) is 3.90. The van der Waals surface area contributed by atoms with E-state index in [1.165, 1.54) is 4.88 Å². The van der Waals surface area contributed by atoms with Crippen molar-refractivity contribution in [2.75, 3.05) is 6.61 Å². The molecule has 1 fully saturated rings. The Bertz CT molecular complexity index is 341. The van der Waals surface area contributed by atoms with E-state index in [1.807, 2.05) is 6.07 Å². The summed E-state index contributed by atoms with van der Waals surface area (Å²) in [6.45, 7) is 3.01. The number of ether oxygens (including phenoxy) is 1. The Morgan fingerprint density at radius 2 is 2.40 bits per heavy atom. The predicted molar refractivity (Wildman–Crippen MR) is 72.3 cm³/mol. The van der Waals surface area contributed by atoms with Crippen LogP contribution in [0, 0.1) is 0 Å². The van der Waals surface area contributed by atoms with Crippen LogP contribution in [-0.2, 0) is 4.74 Å². The first-order valence-corrected chi connectivity index (χ1v) is 7.66. The molecular weight excluding hydrogens is 363 g/mol. The molecule has 2 atom stereocenters. The summed E-state index contributed by atoms with van der Waals surface area (Å²) < 4.78 is 6.80. The van der Waals surface area contributed by atoms with E-state index in [9.17, 15) is 0 Å². The van der Waals surface area contributed by atoms with Gasteiger partial charge in [0.25, 0.3) is 0 Å². The van der Waals surface area contributed by atoms with Gasteiger partial charge >= 0.3 is 0 Å². The van der Waals surface area contributed by atoms with Crippen molar-refractivity contribution in [3.05, 3.63) is 19.8 Å². The monoisotopic (exact) mass is 372 g/mol. The van der Waals surface area contributed by atoms with E-state index in [4.69, 9.17) is 16.3 Å². The van der Waals surface area contributed by atoms with E-state index in [0.29, 0.717) is 0 Å². The SMILES string of the molecule is CC1(C(Br)c2cc(Cl)c(Br)s2)CCCO1. The molecule has 84 valence electrons. The molecule has 1 aliphatic heterocycles. The van der Waals surface area contributed by atoms with Crippen LogP contribution in [0.1, 0.15) is 29.5 Å². The lowest BCUT2D eigenvalue weighted by Crippen LogP contribution is -2.27. The molecule has 1 aromatic rings. The van der Waals surface area contributed by atoms with Crippen LogP contribution in [0.25, 0.3) is 0 Å². The summed E-state index contributed by atoms with van der Waals surface area (Å²) in [7, 11) is 0. The molecule has 1 aliphatic rings. The Balaban J connectivity index is 2.23. The fraction of sp³-hybridized carbons (Fsp3) is 0.600. The van der Waals surface area contributed by atoms with E-state index in [1.54, 1.807) is 11.3 Å². The van der Waals surface area contributed by atoms with Crippen molar-refractivity contribution in [2.24, 2.45) is 0 Å². The molecule has 0 aliphatic carbocycles. The van der Waals surface area contributed by atoms with Gasteiger partial charge in [-0.2, -0.15) is 0 Å². The maximum Gasteiger partial charge on any atom is 0.0887 e. The van der Waals surface area contributed by atoms with Crippen LogP contribution in [0.2, 0.25) is 5.02 Å². The van der Waals surface area contributed by atoms with E-state index in [-0.39, 0.29) is 10.4 Å². The fourth-order valence-electron chi connectivity index (χ4n) is 1.79. The number of alkyl halides is 1. The Hall–Kier alpha value is 0.910. The molecule has 1 aromatic heterocycles. The van der Waals surface area contributed by atoms with Crippen LogP contribution in [-0.4, -0.2) is 12.2 Å². The summed E-state index contributed by atoms with van der Waals surface area (Å²) in [5.41, 5.74) is -0.0897. The molecule has 2 rings (SSSR count). The Morgan fingerprint density at radius 3 is 2.87 bits per heavy atom. The highest BCUT2D eigenvalue weighted by Gasteiger charge is 2.38. The van der Waals surface area contributed by atoms with Crippen LogP contribution in [0.15, 0.2) is 9.85 Å². The third kappa shape index (κ3) is 2.44. The molecule has 0 aromatic carbocycles. The molecule has 1 nitrogen and oxygen atoms in total. The van der Waals surface area contributed by atoms with E-state index < -0.39 is 0 Å². The molecule has 15 heavy (non-hydrogen) atoms. The topological polar surface area (TPSA) is 9.23 Å². The van der Waals surface area contributed by atoms with Crippen molar-refractivity contribution >= 4 is 54.8 Å². The van der Waals surface area contributed by atoms with Gasteiger partial charge < -0.3 is 4.74 Å². The number of hydrogen-bond acceptors (Lipinski definition) is 2. The van der Waals surface area contributed by atoms with Gasteiger partial charge in [-0.15, -0.1) is 11.3 Å². The van der Waals surface area contributed by atoms with Gasteiger partial charge in [0.15, 0.2) is 0 Å². The fourth-order valence-corrected chi connectivity index (χ4v) is 4.43. The zero-order valence-corrected chi connectivity index (χ0v) is 13.0. The molecule has 0 saturated carbocycles. The predicted octanol–water partition coefficient (Wildman–Crippen LogP) is 5.17. The maximum absolute atomic E-state index is 6.03. The number of halogens is 3. The van der Waals surface area contributed by atoms with Crippen LogP contribution < -0.4 is 0 Å². The van der Waals surface area contributed by atoms with Gasteiger partial charge in [0.1, 0.15) is 0 Å². The van der Waals surface area contributed by atoms with Crippen LogP contribution in [0.4, 0.5) is 0 Å². The van der Waals surface area contributed by atoms with Gasteiger partial charge in [0, 0.05) is 11.5 Å². The minimum atomic E-state index is -0.0897. The average Bonchev–Trinajstić information content (AvgIpc) is 2.75. The number of rotatable bonds is 2. The highest BCUT2D eigenvalue weighted by atomic mass is 79.9. The van der Waals surface area contributed by atoms with Gasteiger partial charge in [-0.05, 0) is 41.8 Å². The second-order valence-corrected chi connectivity index (χ2v) is 7.62. The van der Waals surface area contributed by atoms with Crippen molar-refractivity contribution in [1.82, 2.24) is 0 Å². The summed E-state index contributed by atoms with van der Waals surface area (Å²) >= 11 is 14.9. The van der Waals surface area contributed by atoms with Crippen molar-refractivity contribution in [1.29, 1.82) is 0 Å². The van der Waals surface area contributed by atoms with Gasteiger partial charge in [-0.25, -0.2) is 0 Å². The summed E-state index contributed by atoms with van der Waals surface area (Å²) in [5, 5.41) is 0.779. The molecular formula is C10H11Br2ClOS. The molecule has 0 amide bonds. The Morgan fingerprint density at radius 1 is 1.67 bits per heavy atom. The van der Waals surface area contributed by atoms with Crippen molar-refractivity contribution < 1.29 is 4.74 Å². The molecule has 2 heterocycles. The zero-order valence-electron chi connectivity index (χ0n) is 8.23. The van der Waals surface area contributed by atoms with Gasteiger partial charge in [-0.1, -0.05) is 27.5 Å². The molecule has 0 N–H and O–H groups in total. The van der Waals surface area contributed by atoms with Gasteiger partial charge in [0.05, 0.1) is 19.2 Å². The number of thiophene rings is 1. The Labute approximate surface area is 115 Å². The first kappa shape index (κ1) is 12.4. The first-order valence-electron chi connectivity index (χ1n) is 4.76. The standard InChI is InChI=1S/C10H11Br2ClOS/c1-10(3-2-4-14-10)8(11)7-5-6(13)9(12)15-7/h5,8H,2-4H2,1H3. The molecule has 1 saturated heterocycles. The average molecular weight is 375 g/mol. The maximum atomic E-state index is 6.03. The molecule has 0 bridgehead atoms. The Kier molecular flexibility index (Phi) is 3.83. The van der Waals surface area contributed by atoms with E-state index in [0.717, 1.165) is 28.3 Å². The second kappa shape index (κ2) is 4.65. The van der Waals surface area contributed by atoms with E-state index in [2.05, 4.69) is 38.8 Å². The summed E-state index contributed by atoms with van der Waals surface area (Å²) in [6, 6.07) is 2.00. The summed E-state index contributed by atoms with van der Waals surface area (Å²) in [6.07, 6.45) is 2.23. The lowest BCUT2D eigenvalue weighted by molar-refractivity contribution is 0.0204. The third-order valence-corrected chi connectivity index (χ3v) is 7.00. The minimum Gasteiger partial charge on any atom is -0.374 e. The zero-order chi connectivity index (χ0) is 11.1. The minimum absolute atomic E-state index is 0.0897. The van der Waals surface area contributed by atoms with Crippen molar-refractivity contribution in [2.45, 2.75) is 30.2 Å². The van der Waals surface area contributed by atoms with Crippen molar-refractivity contribution in [3.63, 3.8) is 0 Å². The summed E-state index contributed by atoms with van der Waals surface area (Å²) in [4.78, 5) is 1.44. The third-order valence-electron chi connectivity index (χ3n) is 2.70. The molecule has 0 spiro atoms. The summed E-state index contributed by atoms with van der Waals surface area (Å²) in [5.74, 6) is 0. The quantitative estimate of drug-likeness (QED) is 0.649. The first-order chi connectivity index (χ1) is 7.03. The largest absolute Gasteiger partial charge is 0.374 e.